The molecule has 0 heteroatoms. The zero-order valence-electron chi connectivity index (χ0n) is 15.8. The molecule has 0 N–H and O–H groups in total. The van der Waals surface area contributed by atoms with Crippen LogP contribution in [-0.4, -0.2) is 0 Å². The van der Waals surface area contributed by atoms with Crippen molar-refractivity contribution in [3.8, 4) is 0 Å². The standard InChI is InChI=1S/C8H10.C8H16.C4H8.C2H4/c1-7-3-5-8(2)6-4-7;1-4-6-7-8(3)5-2;1-3-4-2;1-2/h3-6H,1-2H3;3-7H2,1-2H3;3H,1,4H2,2H3;1-2H2. The van der Waals surface area contributed by atoms with Gasteiger partial charge < -0.3 is 0 Å². The van der Waals surface area contributed by atoms with Gasteiger partial charge in [-0.05, 0) is 39.5 Å². The van der Waals surface area contributed by atoms with Crippen molar-refractivity contribution >= 4 is 0 Å². The molecule has 0 aliphatic heterocycles. The summed E-state index contributed by atoms with van der Waals surface area (Å²) in [6.45, 7) is 24.0. The van der Waals surface area contributed by atoms with Crippen LogP contribution in [-0.2, 0) is 0 Å². The fourth-order valence-corrected chi connectivity index (χ4v) is 1.24. The minimum atomic E-state index is 1.08. The van der Waals surface area contributed by atoms with Gasteiger partial charge in [0, 0.05) is 0 Å². The molecule has 0 saturated heterocycles. The minimum absolute atomic E-state index is 1.08. The third-order valence-electron chi connectivity index (χ3n) is 2.89. The Morgan fingerprint density at radius 3 is 1.55 bits per heavy atom. The van der Waals surface area contributed by atoms with Gasteiger partial charge in [-0.25, -0.2) is 0 Å². The van der Waals surface area contributed by atoms with Crippen molar-refractivity contribution in [3.05, 3.63) is 73.4 Å². The van der Waals surface area contributed by atoms with Crippen LogP contribution >= 0.6 is 0 Å². The van der Waals surface area contributed by atoms with Crippen LogP contribution in [0.15, 0.2) is 62.2 Å². The number of aryl methyl sites for hydroxylation is 2. The predicted octanol–water partition coefficient (Wildman–Crippen LogP) is 7.83. The molecule has 1 aromatic rings. The number of unbranched alkanes of at least 4 members (excludes halogenated alkanes) is 1. The van der Waals surface area contributed by atoms with Crippen molar-refractivity contribution in [2.24, 2.45) is 0 Å². The highest BCUT2D eigenvalue weighted by Gasteiger charge is 1.86. The largest absolute Gasteiger partial charge is 0.106 e. The second-order valence-corrected chi connectivity index (χ2v) is 5.06. The van der Waals surface area contributed by atoms with Gasteiger partial charge in [0.15, 0.2) is 0 Å². The minimum Gasteiger partial charge on any atom is -0.106 e. The summed E-state index contributed by atoms with van der Waals surface area (Å²) in [6.07, 6.45) is 7.94. The van der Waals surface area contributed by atoms with Gasteiger partial charge in [0.2, 0.25) is 0 Å². The third kappa shape index (κ3) is 23.5. The fraction of sp³-hybridized carbons (Fsp3) is 0.455. The Balaban J connectivity index is -0.000000245. The Morgan fingerprint density at radius 2 is 1.32 bits per heavy atom. The van der Waals surface area contributed by atoms with Gasteiger partial charge in [-0.15, -0.1) is 19.7 Å². The highest BCUT2D eigenvalue weighted by Crippen LogP contribution is 2.06. The molecule has 0 unspecified atom stereocenters. The molecule has 22 heavy (non-hydrogen) atoms. The molecule has 0 heterocycles. The summed E-state index contributed by atoms with van der Waals surface area (Å²) in [6, 6.07) is 8.48. The van der Waals surface area contributed by atoms with Crippen LogP contribution in [0.2, 0.25) is 0 Å². The lowest BCUT2D eigenvalue weighted by atomic mass is 10.1. The van der Waals surface area contributed by atoms with E-state index in [4.69, 9.17) is 0 Å². The maximum Gasteiger partial charge on any atom is -0.0323 e. The van der Waals surface area contributed by atoms with E-state index in [-0.39, 0.29) is 0 Å². The third-order valence-corrected chi connectivity index (χ3v) is 2.89. The normalized spacial score (nSPS) is 8.05. The average molecular weight is 303 g/mol. The lowest BCUT2D eigenvalue weighted by Gasteiger charge is -1.97. The number of hydrogen-bond donors (Lipinski definition) is 0. The zero-order chi connectivity index (χ0) is 17.8. The highest BCUT2D eigenvalue weighted by atomic mass is 13.9. The van der Waals surface area contributed by atoms with Crippen LogP contribution in [0.3, 0.4) is 0 Å². The molecule has 0 nitrogen and oxygen atoms in total. The van der Waals surface area contributed by atoms with Crippen LogP contribution in [0.25, 0.3) is 0 Å². The van der Waals surface area contributed by atoms with Crippen LogP contribution < -0.4 is 0 Å². The van der Waals surface area contributed by atoms with E-state index in [2.05, 4.69) is 85.2 Å². The van der Waals surface area contributed by atoms with Crippen molar-refractivity contribution < 1.29 is 0 Å². The molecular weight excluding hydrogens is 264 g/mol. The molecular formula is C22H38. The average Bonchev–Trinajstić information content (AvgIpc) is 2.57. The lowest BCUT2D eigenvalue weighted by molar-refractivity contribution is 0.769. The van der Waals surface area contributed by atoms with E-state index in [9.17, 15) is 0 Å². The molecule has 126 valence electrons. The Kier molecular flexibility index (Phi) is 25.1. The molecule has 0 aliphatic carbocycles. The van der Waals surface area contributed by atoms with Gasteiger partial charge in [-0.1, -0.05) is 80.8 Å². The van der Waals surface area contributed by atoms with E-state index in [1.165, 1.54) is 36.0 Å². The summed E-state index contributed by atoms with van der Waals surface area (Å²) < 4.78 is 0. The molecule has 0 spiro atoms. The van der Waals surface area contributed by atoms with Crippen LogP contribution in [0.5, 0.6) is 0 Å². The summed E-state index contributed by atoms with van der Waals surface area (Å²) in [5, 5.41) is 0. The summed E-state index contributed by atoms with van der Waals surface area (Å²) in [7, 11) is 0. The van der Waals surface area contributed by atoms with E-state index in [0.29, 0.717) is 0 Å². The molecule has 0 radical (unpaired) electrons. The molecule has 0 saturated carbocycles. The smallest absolute Gasteiger partial charge is 0.0323 e. The summed E-state index contributed by atoms with van der Waals surface area (Å²) in [5.74, 6) is 0. The first kappa shape index (κ1) is 25.4. The van der Waals surface area contributed by atoms with E-state index in [0.717, 1.165) is 12.8 Å². The van der Waals surface area contributed by atoms with Gasteiger partial charge >= 0.3 is 0 Å². The molecule has 0 bridgehead atoms. The second kappa shape index (κ2) is 21.7. The van der Waals surface area contributed by atoms with Crippen molar-refractivity contribution in [1.29, 1.82) is 0 Å². The molecule has 0 atom stereocenters. The SMILES string of the molecule is C=C.C=C(CC)CCCC.C=CCC.Cc1ccc(C)cc1. The van der Waals surface area contributed by atoms with E-state index >= 15 is 0 Å². The van der Waals surface area contributed by atoms with E-state index < -0.39 is 0 Å². The van der Waals surface area contributed by atoms with Crippen LogP contribution in [0, 0.1) is 13.8 Å². The number of hydrogen-bond acceptors (Lipinski definition) is 0. The molecule has 1 aromatic carbocycles. The van der Waals surface area contributed by atoms with Gasteiger partial charge in [-0.2, -0.15) is 0 Å². The molecule has 0 aliphatic rings. The highest BCUT2D eigenvalue weighted by molar-refractivity contribution is 5.19. The Labute approximate surface area is 140 Å². The quantitative estimate of drug-likeness (QED) is 0.486. The number of rotatable bonds is 5. The first-order valence-electron chi connectivity index (χ1n) is 8.32. The Bertz CT molecular complexity index is 322. The van der Waals surface area contributed by atoms with Crippen LogP contribution in [0.4, 0.5) is 0 Å². The van der Waals surface area contributed by atoms with E-state index in [1.807, 2.05) is 6.08 Å². The van der Waals surface area contributed by atoms with Gasteiger partial charge in [0.05, 0.1) is 0 Å². The Hall–Kier alpha value is -1.56. The molecule has 0 aromatic heterocycles. The van der Waals surface area contributed by atoms with Crippen molar-refractivity contribution in [1.82, 2.24) is 0 Å². The maximum atomic E-state index is 3.91. The topological polar surface area (TPSA) is 0 Å². The summed E-state index contributed by atoms with van der Waals surface area (Å²) >= 11 is 0. The fourth-order valence-electron chi connectivity index (χ4n) is 1.24. The Morgan fingerprint density at radius 1 is 0.955 bits per heavy atom. The van der Waals surface area contributed by atoms with Gasteiger partial charge in [0.25, 0.3) is 0 Å². The number of benzene rings is 1. The summed E-state index contributed by atoms with van der Waals surface area (Å²) in [4.78, 5) is 0. The first-order valence-corrected chi connectivity index (χ1v) is 8.32. The predicted molar refractivity (Wildman–Crippen MR) is 107 cm³/mol. The molecule has 1 rings (SSSR count). The summed E-state index contributed by atoms with van der Waals surface area (Å²) in [5.41, 5.74) is 4.05. The van der Waals surface area contributed by atoms with E-state index in [1.54, 1.807) is 0 Å². The van der Waals surface area contributed by atoms with Gasteiger partial charge in [0.1, 0.15) is 0 Å². The van der Waals surface area contributed by atoms with Crippen LogP contribution in [0.1, 0.15) is 64.0 Å². The second-order valence-electron chi connectivity index (χ2n) is 5.06. The molecule has 0 amide bonds. The van der Waals surface area contributed by atoms with Gasteiger partial charge in [-0.3, -0.25) is 0 Å². The lowest BCUT2D eigenvalue weighted by Crippen LogP contribution is -1.76. The monoisotopic (exact) mass is 302 g/mol. The number of allylic oxidation sites excluding steroid dienone is 2. The van der Waals surface area contributed by atoms with Crippen molar-refractivity contribution in [2.75, 3.05) is 0 Å². The maximum absolute atomic E-state index is 3.91. The van der Waals surface area contributed by atoms with Crippen molar-refractivity contribution in [2.45, 2.75) is 66.7 Å². The molecule has 0 fully saturated rings. The first-order chi connectivity index (χ1) is 10.5. The van der Waals surface area contributed by atoms with Crippen molar-refractivity contribution in [3.63, 3.8) is 0 Å². The zero-order valence-corrected chi connectivity index (χ0v) is 15.8.